The Morgan fingerprint density at radius 3 is 2.76 bits per heavy atom. The number of halogens is 1. The number of nitrogens with zero attached hydrogens (tertiary/aromatic N) is 3. The van der Waals surface area contributed by atoms with Gasteiger partial charge in [0.1, 0.15) is 0 Å². The van der Waals surface area contributed by atoms with Gasteiger partial charge in [0.15, 0.2) is 5.96 Å². The van der Waals surface area contributed by atoms with E-state index in [0.717, 1.165) is 13.0 Å². The van der Waals surface area contributed by atoms with Gasteiger partial charge in [-0.15, -0.1) is 35.3 Å². The lowest BCUT2D eigenvalue weighted by Gasteiger charge is -2.26. The highest BCUT2D eigenvalue weighted by Gasteiger charge is 2.23. The summed E-state index contributed by atoms with van der Waals surface area (Å²) >= 11 is 1.74. The van der Waals surface area contributed by atoms with Crippen molar-refractivity contribution in [2.24, 2.45) is 4.99 Å². The van der Waals surface area contributed by atoms with Crippen LogP contribution in [0.4, 0.5) is 0 Å². The third kappa shape index (κ3) is 7.37. The van der Waals surface area contributed by atoms with Crippen molar-refractivity contribution in [3.8, 4) is 0 Å². The number of rotatable bonds is 7. The molecule has 0 bridgehead atoms. The Kier molecular flexibility index (Phi) is 10.2. The van der Waals surface area contributed by atoms with Gasteiger partial charge in [0.2, 0.25) is 10.0 Å². The van der Waals surface area contributed by atoms with Crippen molar-refractivity contribution in [2.45, 2.75) is 6.42 Å². The monoisotopic (exact) mass is 502 g/mol. The zero-order chi connectivity index (χ0) is 17.4. The number of aliphatic imine (C=N–C) groups is 1. The molecule has 144 valence electrons. The zero-order valence-corrected chi connectivity index (χ0v) is 18.6. The first-order chi connectivity index (χ1) is 11.5. The van der Waals surface area contributed by atoms with Crippen LogP contribution in [0.1, 0.15) is 4.88 Å². The second kappa shape index (κ2) is 11.3. The zero-order valence-electron chi connectivity index (χ0n) is 14.7. The molecule has 1 aromatic heterocycles. The number of ether oxygens (including phenoxy) is 1. The number of sulfonamides is 1. The van der Waals surface area contributed by atoms with Crippen LogP contribution in [0.3, 0.4) is 0 Å². The van der Waals surface area contributed by atoms with Crippen molar-refractivity contribution >= 4 is 51.3 Å². The number of hydrogen-bond acceptors (Lipinski definition) is 5. The summed E-state index contributed by atoms with van der Waals surface area (Å²) in [6, 6.07) is 4.16. The van der Waals surface area contributed by atoms with Crippen LogP contribution in [-0.4, -0.2) is 82.8 Å². The molecular formula is C15H27IN4O3S2. The lowest BCUT2D eigenvalue weighted by molar-refractivity contribution is 0.0730. The highest BCUT2D eigenvalue weighted by Crippen LogP contribution is 2.09. The number of thiophene rings is 1. The minimum absolute atomic E-state index is 0. The standard InChI is InChI=1S/C15H26N4O3S2.HI/c1-16-15(18(2)7-5-14-4-3-12-23-14)17-6-13-24(20,21)19-8-10-22-11-9-19;/h3-4,12H,5-11,13H2,1-2H3,(H,16,17);1H. The molecule has 1 fully saturated rings. The quantitative estimate of drug-likeness (QED) is 0.343. The van der Waals surface area contributed by atoms with Crippen LogP contribution in [0.25, 0.3) is 0 Å². The van der Waals surface area contributed by atoms with Gasteiger partial charge in [-0.1, -0.05) is 6.07 Å². The van der Waals surface area contributed by atoms with Crippen molar-refractivity contribution in [1.29, 1.82) is 0 Å². The van der Waals surface area contributed by atoms with Crippen LogP contribution in [0.2, 0.25) is 0 Å². The number of hydrogen-bond donors (Lipinski definition) is 1. The van der Waals surface area contributed by atoms with Gasteiger partial charge in [-0.25, -0.2) is 8.42 Å². The Morgan fingerprint density at radius 2 is 2.16 bits per heavy atom. The first kappa shape index (κ1) is 22.6. The van der Waals surface area contributed by atoms with Gasteiger partial charge in [0.25, 0.3) is 0 Å². The molecule has 25 heavy (non-hydrogen) atoms. The van der Waals surface area contributed by atoms with Gasteiger partial charge in [-0.05, 0) is 17.9 Å². The fourth-order valence-corrected chi connectivity index (χ4v) is 4.49. The van der Waals surface area contributed by atoms with Gasteiger partial charge in [0, 0.05) is 45.2 Å². The first-order valence-electron chi connectivity index (χ1n) is 8.02. The smallest absolute Gasteiger partial charge is 0.215 e. The van der Waals surface area contributed by atoms with Crippen LogP contribution < -0.4 is 5.32 Å². The van der Waals surface area contributed by atoms with Crippen LogP contribution >= 0.6 is 35.3 Å². The molecule has 1 aliphatic heterocycles. The molecule has 0 spiro atoms. The van der Waals surface area contributed by atoms with Crippen molar-refractivity contribution < 1.29 is 13.2 Å². The third-order valence-electron chi connectivity index (χ3n) is 3.85. The highest BCUT2D eigenvalue weighted by atomic mass is 127. The van der Waals surface area contributed by atoms with Gasteiger partial charge in [0.05, 0.1) is 19.0 Å². The molecule has 0 atom stereocenters. The molecule has 0 aliphatic carbocycles. The Bertz CT molecular complexity index is 617. The maximum atomic E-state index is 12.3. The van der Waals surface area contributed by atoms with Crippen LogP contribution in [0, 0.1) is 0 Å². The maximum absolute atomic E-state index is 12.3. The SMILES string of the molecule is CN=C(NCCS(=O)(=O)N1CCOCC1)N(C)CCc1cccs1.I. The molecule has 0 amide bonds. The van der Waals surface area contributed by atoms with Crippen molar-refractivity contribution in [3.63, 3.8) is 0 Å². The van der Waals surface area contributed by atoms with Gasteiger partial charge >= 0.3 is 0 Å². The van der Waals surface area contributed by atoms with Crippen LogP contribution in [-0.2, 0) is 21.2 Å². The molecule has 1 N–H and O–H groups in total. The molecule has 0 saturated carbocycles. The average molecular weight is 502 g/mol. The minimum atomic E-state index is -3.24. The highest BCUT2D eigenvalue weighted by molar-refractivity contribution is 14.0. The van der Waals surface area contributed by atoms with E-state index in [9.17, 15) is 8.42 Å². The summed E-state index contributed by atoms with van der Waals surface area (Å²) < 4.78 is 31.3. The minimum Gasteiger partial charge on any atom is -0.379 e. The summed E-state index contributed by atoms with van der Waals surface area (Å²) in [5.74, 6) is 0.772. The Labute approximate surface area is 171 Å². The first-order valence-corrected chi connectivity index (χ1v) is 10.5. The molecule has 1 saturated heterocycles. The Morgan fingerprint density at radius 1 is 1.44 bits per heavy atom. The van der Waals surface area contributed by atoms with Crippen LogP contribution in [0.5, 0.6) is 0 Å². The van der Waals surface area contributed by atoms with E-state index in [1.807, 2.05) is 18.0 Å². The van der Waals surface area contributed by atoms with Gasteiger partial charge in [-0.3, -0.25) is 4.99 Å². The van der Waals surface area contributed by atoms with E-state index in [2.05, 4.69) is 21.8 Å². The van der Waals surface area contributed by atoms with Crippen LogP contribution in [0.15, 0.2) is 22.5 Å². The lowest BCUT2D eigenvalue weighted by Crippen LogP contribution is -2.45. The molecule has 2 rings (SSSR count). The summed E-state index contributed by atoms with van der Waals surface area (Å²) in [5, 5.41) is 5.21. The largest absolute Gasteiger partial charge is 0.379 e. The molecule has 0 aromatic carbocycles. The average Bonchev–Trinajstić information content (AvgIpc) is 3.11. The summed E-state index contributed by atoms with van der Waals surface area (Å²) in [5.41, 5.74) is 0. The molecule has 0 radical (unpaired) electrons. The van der Waals surface area contributed by atoms with Gasteiger partial charge < -0.3 is 15.0 Å². The Balaban J connectivity index is 0.00000312. The molecule has 7 nitrogen and oxygen atoms in total. The topological polar surface area (TPSA) is 74.2 Å². The number of guanidine groups is 1. The summed E-state index contributed by atoms with van der Waals surface area (Å²) in [4.78, 5) is 7.57. The number of likely N-dealkylation sites (N-methyl/N-ethyl adjacent to an activating group) is 1. The molecular weight excluding hydrogens is 475 g/mol. The predicted octanol–water partition coefficient (Wildman–Crippen LogP) is 1.08. The summed E-state index contributed by atoms with van der Waals surface area (Å²) in [6.45, 7) is 3.00. The number of nitrogens with one attached hydrogen (secondary N) is 1. The van der Waals surface area contributed by atoms with E-state index in [1.165, 1.54) is 9.18 Å². The molecule has 0 unspecified atom stereocenters. The van der Waals surface area contributed by atoms with E-state index in [0.29, 0.717) is 38.8 Å². The molecule has 1 aliphatic rings. The normalized spacial score (nSPS) is 16.3. The van der Waals surface area contributed by atoms with E-state index < -0.39 is 10.0 Å². The molecule has 1 aromatic rings. The second-order valence-corrected chi connectivity index (χ2v) is 8.67. The van der Waals surface area contributed by atoms with Crippen molar-refractivity contribution in [1.82, 2.24) is 14.5 Å². The molecule has 2 heterocycles. The maximum Gasteiger partial charge on any atom is 0.215 e. The fourth-order valence-electron chi connectivity index (χ4n) is 2.47. The summed E-state index contributed by atoms with van der Waals surface area (Å²) in [6.07, 6.45) is 0.945. The van der Waals surface area contributed by atoms with E-state index in [-0.39, 0.29) is 29.7 Å². The van der Waals surface area contributed by atoms with E-state index >= 15 is 0 Å². The van der Waals surface area contributed by atoms with E-state index in [1.54, 1.807) is 18.4 Å². The molecule has 10 heteroatoms. The van der Waals surface area contributed by atoms with Crippen molar-refractivity contribution in [3.05, 3.63) is 22.4 Å². The number of morpholine rings is 1. The third-order valence-corrected chi connectivity index (χ3v) is 6.66. The Hall–Kier alpha value is -0.430. The lowest BCUT2D eigenvalue weighted by atomic mass is 10.3. The van der Waals surface area contributed by atoms with Gasteiger partial charge in [-0.2, -0.15) is 4.31 Å². The second-order valence-electron chi connectivity index (χ2n) is 5.55. The van der Waals surface area contributed by atoms with E-state index in [4.69, 9.17) is 4.74 Å². The fraction of sp³-hybridized carbons (Fsp3) is 0.667. The predicted molar refractivity (Wildman–Crippen MR) is 114 cm³/mol. The van der Waals surface area contributed by atoms with Crippen molar-refractivity contribution in [2.75, 3.05) is 59.2 Å². The summed E-state index contributed by atoms with van der Waals surface area (Å²) in [7, 11) is 0.425.